The molecule has 0 fully saturated rings. The van der Waals surface area contributed by atoms with Gasteiger partial charge in [-0.2, -0.15) is 0 Å². The molecule has 0 radical (unpaired) electrons. The molecule has 0 saturated heterocycles. The average Bonchev–Trinajstić information content (AvgIpc) is 2.20. The van der Waals surface area contributed by atoms with Crippen molar-refractivity contribution in [2.75, 3.05) is 6.54 Å². The van der Waals surface area contributed by atoms with Gasteiger partial charge >= 0.3 is 0 Å². The number of nitrogens with zero attached hydrogens (tertiary/aromatic N) is 1. The van der Waals surface area contributed by atoms with Crippen LogP contribution in [0.4, 0.5) is 0 Å². The number of rotatable bonds is 6. The van der Waals surface area contributed by atoms with Crippen LogP contribution < -0.4 is 5.73 Å². The second-order valence-corrected chi connectivity index (χ2v) is 4.78. The molecule has 0 heterocycles. The topological polar surface area (TPSA) is 46.3 Å². The molecule has 0 aromatic carbocycles. The van der Waals surface area contributed by atoms with E-state index in [4.69, 9.17) is 18.0 Å². The summed E-state index contributed by atoms with van der Waals surface area (Å²) in [5.74, 6) is 0.0718. The number of hydrogen-bond acceptors (Lipinski definition) is 2. The van der Waals surface area contributed by atoms with Gasteiger partial charge in [-0.25, -0.2) is 0 Å². The van der Waals surface area contributed by atoms with Crippen molar-refractivity contribution in [3.05, 3.63) is 0 Å². The van der Waals surface area contributed by atoms with Crippen LogP contribution in [-0.4, -0.2) is 28.4 Å². The highest BCUT2D eigenvalue weighted by molar-refractivity contribution is 7.80. The summed E-state index contributed by atoms with van der Waals surface area (Å²) in [6.07, 6.45) is 1.34. The Kier molecular flexibility index (Phi) is 5.94. The van der Waals surface area contributed by atoms with E-state index < -0.39 is 5.41 Å². The third-order valence-electron chi connectivity index (χ3n) is 3.31. The highest BCUT2D eigenvalue weighted by atomic mass is 32.1. The quantitative estimate of drug-likeness (QED) is 0.729. The lowest BCUT2D eigenvalue weighted by molar-refractivity contribution is -0.140. The van der Waals surface area contributed by atoms with Crippen molar-refractivity contribution in [1.82, 2.24) is 4.90 Å². The molecule has 0 aromatic heterocycles. The highest BCUT2D eigenvalue weighted by Gasteiger charge is 2.41. The minimum Gasteiger partial charge on any atom is -0.392 e. The Bertz CT molecular complexity index is 260. The van der Waals surface area contributed by atoms with Gasteiger partial charge in [0.2, 0.25) is 5.91 Å². The molecule has 4 heteroatoms. The van der Waals surface area contributed by atoms with Gasteiger partial charge in [-0.15, -0.1) is 0 Å². The number of thiocarbonyl (C=S) groups is 1. The fourth-order valence-electron chi connectivity index (χ4n) is 2.02. The number of carbonyl (C=O) groups excluding carboxylic acids is 1. The lowest BCUT2D eigenvalue weighted by Gasteiger charge is -2.36. The van der Waals surface area contributed by atoms with Gasteiger partial charge in [0.05, 0.1) is 10.4 Å². The van der Waals surface area contributed by atoms with Gasteiger partial charge in [0.15, 0.2) is 0 Å². The van der Waals surface area contributed by atoms with E-state index in [0.717, 1.165) is 0 Å². The van der Waals surface area contributed by atoms with E-state index in [0.29, 0.717) is 24.4 Å². The lowest BCUT2D eigenvalue weighted by atomic mass is 9.80. The van der Waals surface area contributed by atoms with Crippen molar-refractivity contribution in [2.24, 2.45) is 11.1 Å². The second kappa shape index (κ2) is 6.18. The summed E-state index contributed by atoms with van der Waals surface area (Å²) in [5.41, 5.74) is 5.11. The van der Waals surface area contributed by atoms with Gasteiger partial charge in [-0.1, -0.05) is 26.1 Å². The maximum atomic E-state index is 12.5. The molecule has 0 aromatic rings. The molecule has 3 nitrogen and oxygen atoms in total. The average molecular weight is 244 g/mol. The first-order valence-corrected chi connectivity index (χ1v) is 6.39. The molecule has 0 rings (SSSR count). The van der Waals surface area contributed by atoms with Crippen LogP contribution in [0.5, 0.6) is 0 Å². The Morgan fingerprint density at radius 2 is 1.75 bits per heavy atom. The summed E-state index contributed by atoms with van der Waals surface area (Å²) in [4.78, 5) is 14.7. The van der Waals surface area contributed by atoms with E-state index in [9.17, 15) is 4.79 Å². The van der Waals surface area contributed by atoms with Gasteiger partial charge in [0, 0.05) is 12.6 Å². The first kappa shape index (κ1) is 15.4. The number of amides is 1. The largest absolute Gasteiger partial charge is 0.392 e. The standard InChI is InChI=1S/C12H24N2OS/c1-6-12(7-2,10(13)16)11(15)14(8-3)9(4)5/h9H,6-8H2,1-5H3,(H2,13,16). The lowest BCUT2D eigenvalue weighted by Crippen LogP contribution is -2.52. The van der Waals surface area contributed by atoms with E-state index in [2.05, 4.69) is 0 Å². The summed E-state index contributed by atoms with van der Waals surface area (Å²) in [5, 5.41) is 0. The zero-order valence-corrected chi connectivity index (χ0v) is 11.9. The van der Waals surface area contributed by atoms with Crippen molar-refractivity contribution in [3.8, 4) is 0 Å². The fraction of sp³-hybridized carbons (Fsp3) is 0.833. The van der Waals surface area contributed by atoms with Crippen LogP contribution in [0.25, 0.3) is 0 Å². The SMILES string of the molecule is CCN(C(=O)C(CC)(CC)C(N)=S)C(C)C. The summed E-state index contributed by atoms with van der Waals surface area (Å²) >= 11 is 5.09. The molecule has 0 spiro atoms. The zero-order chi connectivity index (χ0) is 12.9. The number of hydrogen-bond donors (Lipinski definition) is 1. The molecule has 0 atom stereocenters. The molecular formula is C12H24N2OS. The van der Waals surface area contributed by atoms with E-state index >= 15 is 0 Å². The van der Waals surface area contributed by atoms with Gasteiger partial charge < -0.3 is 10.6 Å². The monoisotopic (exact) mass is 244 g/mol. The molecule has 0 bridgehead atoms. The Hall–Kier alpha value is -0.640. The molecule has 94 valence electrons. The molecule has 0 aliphatic heterocycles. The summed E-state index contributed by atoms with van der Waals surface area (Å²) < 4.78 is 0. The van der Waals surface area contributed by atoms with Gasteiger partial charge in [0.25, 0.3) is 0 Å². The van der Waals surface area contributed by atoms with Crippen molar-refractivity contribution in [2.45, 2.75) is 53.5 Å². The van der Waals surface area contributed by atoms with Crippen molar-refractivity contribution in [1.29, 1.82) is 0 Å². The van der Waals surface area contributed by atoms with Gasteiger partial charge in [-0.05, 0) is 33.6 Å². The zero-order valence-electron chi connectivity index (χ0n) is 11.0. The summed E-state index contributed by atoms with van der Waals surface area (Å²) in [7, 11) is 0. The van der Waals surface area contributed by atoms with Gasteiger partial charge in [-0.3, -0.25) is 4.79 Å². The third kappa shape index (κ3) is 2.73. The summed E-state index contributed by atoms with van der Waals surface area (Å²) in [6, 6.07) is 0.185. The molecule has 1 amide bonds. The Morgan fingerprint density at radius 3 is 1.94 bits per heavy atom. The first-order chi connectivity index (χ1) is 7.37. The van der Waals surface area contributed by atoms with E-state index in [1.165, 1.54) is 0 Å². The van der Waals surface area contributed by atoms with Crippen molar-refractivity contribution >= 4 is 23.1 Å². The van der Waals surface area contributed by atoms with E-state index in [1.807, 2.05) is 39.5 Å². The molecule has 2 N–H and O–H groups in total. The predicted molar refractivity (Wildman–Crippen MR) is 72.3 cm³/mol. The van der Waals surface area contributed by atoms with Crippen LogP contribution in [0.3, 0.4) is 0 Å². The molecule has 0 aliphatic carbocycles. The molecule has 0 aliphatic rings. The van der Waals surface area contributed by atoms with Crippen molar-refractivity contribution < 1.29 is 4.79 Å². The molecule has 16 heavy (non-hydrogen) atoms. The predicted octanol–water partition coefficient (Wildman–Crippen LogP) is 2.34. The van der Waals surface area contributed by atoms with E-state index in [-0.39, 0.29) is 11.9 Å². The third-order valence-corrected chi connectivity index (χ3v) is 3.70. The Morgan fingerprint density at radius 1 is 1.31 bits per heavy atom. The normalized spacial score (nSPS) is 11.6. The number of nitrogens with two attached hydrogens (primary N) is 1. The maximum Gasteiger partial charge on any atom is 0.235 e. The second-order valence-electron chi connectivity index (χ2n) is 4.34. The molecular weight excluding hydrogens is 220 g/mol. The van der Waals surface area contributed by atoms with Crippen molar-refractivity contribution in [3.63, 3.8) is 0 Å². The minimum absolute atomic E-state index is 0.0718. The molecule has 0 saturated carbocycles. The number of carbonyl (C=O) groups is 1. The Labute approximate surface area is 104 Å². The summed E-state index contributed by atoms with van der Waals surface area (Å²) in [6.45, 7) is 10.6. The van der Waals surface area contributed by atoms with Crippen LogP contribution in [-0.2, 0) is 4.79 Å². The highest BCUT2D eigenvalue weighted by Crippen LogP contribution is 2.30. The smallest absolute Gasteiger partial charge is 0.235 e. The minimum atomic E-state index is -0.657. The first-order valence-electron chi connectivity index (χ1n) is 5.98. The van der Waals surface area contributed by atoms with Crippen LogP contribution in [0.2, 0.25) is 0 Å². The van der Waals surface area contributed by atoms with Gasteiger partial charge in [0.1, 0.15) is 0 Å². The Balaban J connectivity index is 5.22. The van der Waals surface area contributed by atoms with Crippen LogP contribution in [0.15, 0.2) is 0 Å². The van der Waals surface area contributed by atoms with E-state index in [1.54, 1.807) is 0 Å². The van der Waals surface area contributed by atoms with Crippen LogP contribution in [0.1, 0.15) is 47.5 Å². The maximum absolute atomic E-state index is 12.5. The van der Waals surface area contributed by atoms with Crippen LogP contribution >= 0.6 is 12.2 Å². The molecule has 0 unspecified atom stereocenters. The van der Waals surface area contributed by atoms with Crippen LogP contribution in [0, 0.1) is 5.41 Å². The fourth-order valence-corrected chi connectivity index (χ4v) is 2.40.